The van der Waals surface area contributed by atoms with Gasteiger partial charge in [-0.05, 0) is 13.8 Å². The Morgan fingerprint density at radius 2 is 1.21 bits per heavy atom. The standard InChI is InChI=1S/C8H16O2.CH2O3/c1-6(2)7(3,9)5-8(6,4)10;2-1(3)4/h9-10H,5H2,1-4H3;(H2,2,3,4). The number of carbonyl (C=O) groups is 1. The molecule has 1 saturated carbocycles. The number of aliphatic hydroxyl groups is 2. The first-order chi connectivity index (χ1) is 5.94. The molecule has 0 heterocycles. The van der Waals surface area contributed by atoms with Crippen molar-refractivity contribution in [1.29, 1.82) is 0 Å². The van der Waals surface area contributed by atoms with Crippen LogP contribution in [0.25, 0.3) is 0 Å². The van der Waals surface area contributed by atoms with E-state index in [4.69, 9.17) is 15.0 Å². The van der Waals surface area contributed by atoms with E-state index in [1.165, 1.54) is 0 Å². The van der Waals surface area contributed by atoms with Crippen molar-refractivity contribution in [3.8, 4) is 0 Å². The number of hydrogen-bond donors (Lipinski definition) is 4. The van der Waals surface area contributed by atoms with Crippen molar-refractivity contribution < 1.29 is 25.2 Å². The second-order valence-electron chi connectivity index (χ2n) is 4.63. The van der Waals surface area contributed by atoms with Crippen molar-refractivity contribution in [2.75, 3.05) is 0 Å². The van der Waals surface area contributed by atoms with Gasteiger partial charge in [0, 0.05) is 11.8 Å². The molecule has 0 radical (unpaired) electrons. The predicted molar refractivity (Wildman–Crippen MR) is 50.3 cm³/mol. The van der Waals surface area contributed by atoms with Gasteiger partial charge in [0.25, 0.3) is 0 Å². The van der Waals surface area contributed by atoms with E-state index in [0.29, 0.717) is 6.42 Å². The van der Waals surface area contributed by atoms with Crippen LogP contribution >= 0.6 is 0 Å². The minimum atomic E-state index is -1.83. The molecule has 5 nitrogen and oxygen atoms in total. The van der Waals surface area contributed by atoms with E-state index >= 15 is 0 Å². The maximum Gasteiger partial charge on any atom is 0.503 e. The predicted octanol–water partition coefficient (Wildman–Crippen LogP) is 1.14. The highest BCUT2D eigenvalue weighted by Crippen LogP contribution is 2.56. The zero-order valence-electron chi connectivity index (χ0n) is 8.90. The van der Waals surface area contributed by atoms with E-state index in [1.807, 2.05) is 13.8 Å². The van der Waals surface area contributed by atoms with Crippen LogP contribution in [-0.2, 0) is 0 Å². The fourth-order valence-corrected chi connectivity index (χ4v) is 1.59. The summed E-state index contributed by atoms with van der Waals surface area (Å²) < 4.78 is 0. The average molecular weight is 206 g/mol. The first-order valence-electron chi connectivity index (χ1n) is 4.31. The minimum absolute atomic E-state index is 0.375. The molecule has 5 heteroatoms. The zero-order chi connectivity index (χ0) is 11.8. The van der Waals surface area contributed by atoms with E-state index in [0.717, 1.165) is 0 Å². The van der Waals surface area contributed by atoms with Crippen molar-refractivity contribution in [1.82, 2.24) is 0 Å². The Morgan fingerprint density at radius 3 is 1.21 bits per heavy atom. The summed E-state index contributed by atoms with van der Waals surface area (Å²) in [5, 5.41) is 33.2. The summed E-state index contributed by atoms with van der Waals surface area (Å²) in [4.78, 5) is 8.56. The quantitative estimate of drug-likeness (QED) is 0.476. The van der Waals surface area contributed by atoms with Gasteiger partial charge in [0.15, 0.2) is 0 Å². The van der Waals surface area contributed by atoms with Crippen LogP contribution in [0.3, 0.4) is 0 Å². The lowest BCUT2D eigenvalue weighted by Gasteiger charge is -2.61. The van der Waals surface area contributed by atoms with Gasteiger partial charge in [0.1, 0.15) is 0 Å². The first-order valence-corrected chi connectivity index (χ1v) is 4.31. The molecule has 0 bridgehead atoms. The van der Waals surface area contributed by atoms with Gasteiger partial charge in [-0.1, -0.05) is 13.8 Å². The minimum Gasteiger partial charge on any atom is -0.450 e. The van der Waals surface area contributed by atoms with Crippen molar-refractivity contribution in [3.05, 3.63) is 0 Å². The van der Waals surface area contributed by atoms with Crippen molar-refractivity contribution >= 4 is 6.16 Å². The van der Waals surface area contributed by atoms with E-state index in [9.17, 15) is 10.2 Å². The molecule has 0 aliphatic heterocycles. The average Bonchev–Trinajstić information content (AvgIpc) is 1.81. The molecular weight excluding hydrogens is 188 g/mol. The number of hydrogen-bond acceptors (Lipinski definition) is 3. The summed E-state index contributed by atoms with van der Waals surface area (Å²) in [6.07, 6.45) is -1.35. The summed E-state index contributed by atoms with van der Waals surface area (Å²) in [5.74, 6) is 0. The first kappa shape index (κ1) is 13.2. The third kappa shape index (κ3) is 2.16. The van der Waals surface area contributed by atoms with Gasteiger partial charge >= 0.3 is 6.16 Å². The Morgan fingerprint density at radius 1 is 1.00 bits per heavy atom. The van der Waals surface area contributed by atoms with Crippen LogP contribution in [0.1, 0.15) is 34.1 Å². The molecule has 0 saturated heterocycles. The van der Waals surface area contributed by atoms with Crippen LogP contribution in [0.2, 0.25) is 0 Å². The second kappa shape index (κ2) is 3.40. The molecule has 0 aromatic carbocycles. The molecule has 0 spiro atoms. The fourth-order valence-electron chi connectivity index (χ4n) is 1.59. The Bertz CT molecular complexity index is 209. The molecule has 1 fully saturated rings. The normalized spacial score (nSPS) is 39.0. The second-order valence-corrected chi connectivity index (χ2v) is 4.63. The molecule has 1 rings (SSSR count). The summed E-state index contributed by atoms with van der Waals surface area (Å²) in [5.41, 5.74) is -1.77. The summed E-state index contributed by atoms with van der Waals surface area (Å²) >= 11 is 0. The molecular formula is C9H18O5. The molecule has 4 N–H and O–H groups in total. The van der Waals surface area contributed by atoms with Crippen LogP contribution < -0.4 is 0 Å². The van der Waals surface area contributed by atoms with Crippen molar-refractivity contribution in [3.63, 3.8) is 0 Å². The highest BCUT2D eigenvalue weighted by Gasteiger charge is 2.63. The number of rotatable bonds is 0. The molecule has 84 valence electrons. The van der Waals surface area contributed by atoms with Crippen LogP contribution in [0.5, 0.6) is 0 Å². The third-order valence-corrected chi connectivity index (χ3v) is 3.38. The number of carboxylic acid groups (broad SMARTS) is 2. The van der Waals surface area contributed by atoms with E-state index in [1.54, 1.807) is 13.8 Å². The van der Waals surface area contributed by atoms with Gasteiger partial charge < -0.3 is 20.4 Å². The summed E-state index contributed by atoms with van der Waals surface area (Å²) in [6, 6.07) is 0. The fraction of sp³-hybridized carbons (Fsp3) is 0.889. The van der Waals surface area contributed by atoms with Crippen LogP contribution in [0.15, 0.2) is 0 Å². The van der Waals surface area contributed by atoms with Crippen molar-refractivity contribution in [2.24, 2.45) is 5.41 Å². The largest absolute Gasteiger partial charge is 0.503 e. The van der Waals surface area contributed by atoms with Crippen LogP contribution in [0.4, 0.5) is 4.79 Å². The van der Waals surface area contributed by atoms with E-state index in [-0.39, 0.29) is 5.41 Å². The molecule has 14 heavy (non-hydrogen) atoms. The summed E-state index contributed by atoms with van der Waals surface area (Å²) in [6.45, 7) is 7.31. The van der Waals surface area contributed by atoms with Crippen molar-refractivity contribution in [2.45, 2.75) is 45.3 Å². The van der Waals surface area contributed by atoms with Gasteiger partial charge in [-0.15, -0.1) is 0 Å². The molecule has 1 aliphatic carbocycles. The monoisotopic (exact) mass is 206 g/mol. The molecule has 0 amide bonds. The maximum absolute atomic E-state index is 9.62. The highest BCUT2D eigenvalue weighted by atomic mass is 16.6. The zero-order valence-corrected chi connectivity index (χ0v) is 8.90. The van der Waals surface area contributed by atoms with Gasteiger partial charge in [0.2, 0.25) is 0 Å². The SMILES string of the molecule is CC1(O)CC(C)(O)C1(C)C.O=C(O)O. The van der Waals surface area contributed by atoms with Crippen LogP contribution in [-0.4, -0.2) is 37.8 Å². The molecule has 1 aliphatic rings. The lowest BCUT2D eigenvalue weighted by Crippen LogP contribution is -2.69. The Hall–Kier alpha value is -0.810. The molecule has 2 atom stereocenters. The maximum atomic E-state index is 9.62. The highest BCUT2D eigenvalue weighted by molar-refractivity contribution is 5.53. The Labute approximate surface area is 83.0 Å². The molecule has 2 unspecified atom stereocenters. The van der Waals surface area contributed by atoms with E-state index < -0.39 is 17.4 Å². The van der Waals surface area contributed by atoms with Gasteiger partial charge in [-0.25, -0.2) is 4.79 Å². The lowest BCUT2D eigenvalue weighted by molar-refractivity contribution is -0.270. The van der Waals surface area contributed by atoms with Gasteiger partial charge in [-0.3, -0.25) is 0 Å². The molecule has 0 aromatic rings. The van der Waals surface area contributed by atoms with Gasteiger partial charge in [0.05, 0.1) is 11.2 Å². The topological polar surface area (TPSA) is 98.0 Å². The van der Waals surface area contributed by atoms with E-state index in [2.05, 4.69) is 0 Å². The third-order valence-electron chi connectivity index (χ3n) is 3.38. The molecule has 0 aromatic heterocycles. The Balaban J connectivity index is 0.000000364. The lowest BCUT2D eigenvalue weighted by atomic mass is 9.50. The van der Waals surface area contributed by atoms with Gasteiger partial charge in [-0.2, -0.15) is 0 Å². The summed E-state index contributed by atoms with van der Waals surface area (Å²) in [7, 11) is 0. The van der Waals surface area contributed by atoms with Crippen LogP contribution in [0, 0.1) is 5.41 Å². The smallest absolute Gasteiger partial charge is 0.450 e. The Kier molecular flexibility index (Phi) is 3.20.